The lowest BCUT2D eigenvalue weighted by Crippen LogP contribution is -2.17. The summed E-state index contributed by atoms with van der Waals surface area (Å²) in [5, 5.41) is 3.22. The average Bonchev–Trinajstić information content (AvgIpc) is 2.20. The average molecular weight is 230 g/mol. The number of carbonyl (C=O) groups is 1. The maximum atomic E-state index is 10.9. The molecule has 5 nitrogen and oxygen atoms in total. The number of methoxy groups -OCH3 is 1. The highest BCUT2D eigenvalue weighted by molar-refractivity contribution is 6.30. The molecule has 1 N–H and O–H groups in total. The number of hydrogen-bond acceptors (Lipinski definition) is 5. The summed E-state index contributed by atoms with van der Waals surface area (Å²) < 4.78 is 4.49. The molecule has 0 radical (unpaired) electrons. The van der Waals surface area contributed by atoms with Gasteiger partial charge in [-0.2, -0.15) is 0 Å². The smallest absolute Gasteiger partial charge is 0.325 e. The summed E-state index contributed by atoms with van der Waals surface area (Å²) in [4.78, 5) is 19.0. The Labute approximate surface area is 92.8 Å². The lowest BCUT2D eigenvalue weighted by atomic mass is 10.3. The summed E-state index contributed by atoms with van der Waals surface area (Å²) in [7, 11) is 1.33. The number of hydrogen-bond donors (Lipinski definition) is 1. The molecule has 15 heavy (non-hydrogen) atoms. The van der Waals surface area contributed by atoms with Crippen LogP contribution in [0.1, 0.15) is 11.4 Å². The summed E-state index contributed by atoms with van der Waals surface area (Å²) in [6.07, 6.45) is 0. The topological polar surface area (TPSA) is 64.1 Å². The molecule has 0 saturated heterocycles. The second kappa shape index (κ2) is 4.93. The zero-order chi connectivity index (χ0) is 11.4. The predicted octanol–water partition coefficient (Wildman–Crippen LogP) is 1.33. The second-order valence-corrected chi connectivity index (χ2v) is 3.32. The van der Waals surface area contributed by atoms with Gasteiger partial charge in [0.1, 0.15) is 23.3 Å². The first kappa shape index (κ1) is 11.7. The summed E-state index contributed by atoms with van der Waals surface area (Å²) in [6, 6.07) is 0. The zero-order valence-electron chi connectivity index (χ0n) is 8.80. The molecule has 1 heterocycles. The number of halogens is 1. The van der Waals surface area contributed by atoms with Gasteiger partial charge in [0.25, 0.3) is 0 Å². The molecule has 0 bridgehead atoms. The largest absolute Gasteiger partial charge is 0.468 e. The first-order valence-corrected chi connectivity index (χ1v) is 4.73. The third-order valence-corrected chi connectivity index (χ3v) is 2.19. The maximum Gasteiger partial charge on any atom is 0.325 e. The molecule has 1 aromatic rings. The van der Waals surface area contributed by atoms with Crippen LogP contribution in [0.3, 0.4) is 0 Å². The van der Waals surface area contributed by atoms with E-state index in [0.29, 0.717) is 22.4 Å². The van der Waals surface area contributed by atoms with Gasteiger partial charge >= 0.3 is 5.97 Å². The highest BCUT2D eigenvalue weighted by Gasteiger charge is 2.08. The van der Waals surface area contributed by atoms with Gasteiger partial charge in [-0.15, -0.1) is 0 Å². The van der Waals surface area contributed by atoms with Gasteiger partial charge in [-0.25, -0.2) is 9.97 Å². The van der Waals surface area contributed by atoms with E-state index < -0.39 is 0 Å². The van der Waals surface area contributed by atoms with Crippen LogP contribution in [0.2, 0.25) is 5.15 Å². The Morgan fingerprint density at radius 2 is 2.13 bits per heavy atom. The number of rotatable bonds is 3. The Morgan fingerprint density at radius 3 is 2.73 bits per heavy atom. The molecule has 6 heteroatoms. The highest BCUT2D eigenvalue weighted by atomic mass is 35.5. The number of carbonyl (C=O) groups excluding carboxylic acids is 1. The van der Waals surface area contributed by atoms with Gasteiger partial charge in [0.15, 0.2) is 0 Å². The van der Waals surface area contributed by atoms with Crippen LogP contribution in [0, 0.1) is 13.8 Å². The van der Waals surface area contributed by atoms with Crippen molar-refractivity contribution in [1.29, 1.82) is 0 Å². The van der Waals surface area contributed by atoms with E-state index in [-0.39, 0.29) is 12.5 Å². The minimum Gasteiger partial charge on any atom is -0.468 e. The van der Waals surface area contributed by atoms with Crippen LogP contribution in [0.4, 0.5) is 5.82 Å². The molecule has 0 aliphatic rings. The molecule has 0 aromatic carbocycles. The fourth-order valence-corrected chi connectivity index (χ4v) is 1.21. The molecule has 0 aliphatic carbocycles. The quantitative estimate of drug-likeness (QED) is 0.626. The van der Waals surface area contributed by atoms with Crippen LogP contribution >= 0.6 is 11.6 Å². The standard InChI is InChI=1S/C9H12ClN3O2/c1-5-8(10)12-6(2)13-9(5)11-4-7(14)15-3/h4H2,1-3H3,(H,11,12,13). The van der Waals surface area contributed by atoms with E-state index in [0.717, 1.165) is 0 Å². The molecule has 1 aromatic heterocycles. The van der Waals surface area contributed by atoms with Crippen molar-refractivity contribution in [3.05, 3.63) is 16.5 Å². The Balaban J connectivity index is 2.81. The van der Waals surface area contributed by atoms with Gasteiger partial charge in [0.2, 0.25) is 0 Å². The van der Waals surface area contributed by atoms with E-state index >= 15 is 0 Å². The normalized spacial score (nSPS) is 9.87. The highest BCUT2D eigenvalue weighted by Crippen LogP contribution is 2.19. The fraction of sp³-hybridized carbons (Fsp3) is 0.444. The second-order valence-electron chi connectivity index (χ2n) is 2.96. The van der Waals surface area contributed by atoms with Crippen molar-refractivity contribution in [3.8, 4) is 0 Å². The first-order chi connectivity index (χ1) is 7.04. The van der Waals surface area contributed by atoms with E-state index in [1.54, 1.807) is 13.8 Å². The Bertz CT molecular complexity index is 382. The maximum absolute atomic E-state index is 10.9. The minimum atomic E-state index is -0.359. The molecule has 0 aliphatic heterocycles. The van der Waals surface area contributed by atoms with Crippen molar-refractivity contribution in [1.82, 2.24) is 9.97 Å². The molecule has 0 fully saturated rings. The molecular formula is C9H12ClN3O2. The van der Waals surface area contributed by atoms with Crippen LogP contribution in [0.15, 0.2) is 0 Å². The first-order valence-electron chi connectivity index (χ1n) is 4.36. The minimum absolute atomic E-state index is 0.0596. The van der Waals surface area contributed by atoms with Crippen LogP contribution in [0.5, 0.6) is 0 Å². The van der Waals surface area contributed by atoms with E-state index in [1.165, 1.54) is 7.11 Å². The van der Waals surface area contributed by atoms with Crippen molar-refractivity contribution < 1.29 is 9.53 Å². The third kappa shape index (κ3) is 3.06. The number of aromatic nitrogens is 2. The van der Waals surface area contributed by atoms with Crippen molar-refractivity contribution in [2.45, 2.75) is 13.8 Å². The number of nitrogens with zero attached hydrogens (tertiary/aromatic N) is 2. The summed E-state index contributed by atoms with van der Waals surface area (Å²) in [5.74, 6) is 0.748. The van der Waals surface area contributed by atoms with E-state index in [4.69, 9.17) is 11.6 Å². The number of aryl methyl sites for hydroxylation is 1. The van der Waals surface area contributed by atoms with Crippen molar-refractivity contribution in [3.63, 3.8) is 0 Å². The van der Waals surface area contributed by atoms with Gasteiger partial charge in [-0.1, -0.05) is 11.6 Å². The van der Waals surface area contributed by atoms with Crippen LogP contribution in [0.25, 0.3) is 0 Å². The number of ether oxygens (including phenoxy) is 1. The molecule has 0 amide bonds. The summed E-state index contributed by atoms with van der Waals surface area (Å²) in [6.45, 7) is 3.57. The van der Waals surface area contributed by atoms with E-state index in [1.807, 2.05) is 0 Å². The van der Waals surface area contributed by atoms with Gasteiger partial charge in [0.05, 0.1) is 7.11 Å². The van der Waals surface area contributed by atoms with E-state index in [9.17, 15) is 4.79 Å². The van der Waals surface area contributed by atoms with Gasteiger partial charge in [-0.05, 0) is 13.8 Å². The molecular weight excluding hydrogens is 218 g/mol. The third-order valence-electron chi connectivity index (χ3n) is 1.83. The molecule has 0 saturated carbocycles. The van der Waals surface area contributed by atoms with Crippen molar-refractivity contribution in [2.24, 2.45) is 0 Å². The van der Waals surface area contributed by atoms with Crippen molar-refractivity contribution in [2.75, 3.05) is 19.0 Å². The predicted molar refractivity (Wildman–Crippen MR) is 57.0 cm³/mol. The number of esters is 1. The van der Waals surface area contributed by atoms with Gasteiger partial charge in [-0.3, -0.25) is 4.79 Å². The molecule has 1 rings (SSSR count). The lowest BCUT2D eigenvalue weighted by Gasteiger charge is -2.08. The van der Waals surface area contributed by atoms with Crippen LogP contribution in [-0.4, -0.2) is 29.6 Å². The van der Waals surface area contributed by atoms with E-state index in [2.05, 4.69) is 20.0 Å². The Morgan fingerprint density at radius 1 is 1.47 bits per heavy atom. The lowest BCUT2D eigenvalue weighted by molar-refractivity contribution is -0.138. The fourth-order valence-electron chi connectivity index (χ4n) is 0.994. The molecule has 0 unspecified atom stereocenters. The van der Waals surface area contributed by atoms with Crippen LogP contribution in [-0.2, 0) is 9.53 Å². The molecule has 82 valence electrons. The molecule has 0 spiro atoms. The van der Waals surface area contributed by atoms with Gasteiger partial charge < -0.3 is 10.1 Å². The zero-order valence-corrected chi connectivity index (χ0v) is 9.55. The number of anilines is 1. The van der Waals surface area contributed by atoms with Crippen molar-refractivity contribution >= 4 is 23.4 Å². The Kier molecular flexibility index (Phi) is 3.85. The Hall–Kier alpha value is -1.36. The van der Waals surface area contributed by atoms with Crippen LogP contribution < -0.4 is 5.32 Å². The monoisotopic (exact) mass is 229 g/mol. The number of nitrogens with one attached hydrogen (secondary N) is 1. The van der Waals surface area contributed by atoms with Gasteiger partial charge in [0, 0.05) is 5.56 Å². The summed E-state index contributed by atoms with van der Waals surface area (Å²) >= 11 is 5.86. The molecule has 0 atom stereocenters. The SMILES string of the molecule is COC(=O)CNc1nc(C)nc(Cl)c1C. The summed E-state index contributed by atoms with van der Waals surface area (Å²) in [5.41, 5.74) is 0.714.